The fraction of sp³-hybridized carbons (Fsp3) is 0.783. The van der Waals surface area contributed by atoms with Gasteiger partial charge < -0.3 is 144 Å². The normalized spacial score (nSPS) is 21.2. The summed E-state index contributed by atoms with van der Waals surface area (Å²) in [5.74, 6) is -12.5. The first-order valence-corrected chi connectivity index (χ1v) is 48.0. The quantitative estimate of drug-likeness (QED) is 0.0227. The Morgan fingerprint density at radius 1 is 0.284 bits per heavy atom. The lowest BCUT2D eigenvalue weighted by Gasteiger charge is -2.44. The average Bonchev–Trinajstić information content (AvgIpc) is 1.46. The summed E-state index contributed by atoms with van der Waals surface area (Å²) in [5.41, 5.74) is -1.49. The Labute approximate surface area is 820 Å². The van der Waals surface area contributed by atoms with Crippen molar-refractivity contribution in [1.82, 2.24) is 53.2 Å². The van der Waals surface area contributed by atoms with E-state index in [1.165, 1.54) is 27.7 Å². The third kappa shape index (κ3) is 57.1. The van der Waals surface area contributed by atoms with Crippen LogP contribution in [0.1, 0.15) is 244 Å². The fourth-order valence-corrected chi connectivity index (χ4v) is 14.9. The van der Waals surface area contributed by atoms with Crippen molar-refractivity contribution in [1.29, 1.82) is 0 Å². The molecule has 141 heavy (non-hydrogen) atoms. The molecule has 0 saturated carbocycles. The smallest absolute Gasteiger partial charge is 0.303 e. The number of esters is 9. The van der Waals surface area contributed by atoms with Crippen LogP contribution in [0.25, 0.3) is 0 Å². The molecule has 3 rings (SSSR count). The van der Waals surface area contributed by atoms with Crippen molar-refractivity contribution in [3.8, 4) is 0 Å². The van der Waals surface area contributed by atoms with Gasteiger partial charge in [-0.3, -0.25) is 95.9 Å². The molecule has 0 aromatic rings. The standard InChI is InChI=1S/C92H150N10O39/c1-57(103)99-80-86(137-66(10)112)83(134-63(7)109)69(50-130-60(4)106)51-133-89(80)127-44-24-21-30-72(115)93-38-27-41-96-75(118)35-47-124-54-92(102-78(121)33-19-17-15-13-14-16-18-20-34-79(122)123,55-125-48-36-76(119)97-42-28-39-94-73(116)31-22-25-45-128-90-81(100-58(2)104)87(138-67(11)113)84(135-64(8)110)70(140-90)52-131-61(5)107)56-126-49-37-77(120)98-43-29-40-95-74(117)32-23-26-46-129-91-82(101-59(3)105)88(139-68(12)114)85(136-65(9)111)71(141-91)53-132-62(6)108/h69-71,80-91H,13-56H2,1-12H3,(H,93,115)(H,94,116)(H,95,117)(H,96,118)(H,97,119)(H,98,120)(H,99,103)(H,100,104)(H,101,105)(H,102,121)(H,122,123)/t69?,70?,71?,80?,81?,82?,83-,84-,85-,86?,87?,88?,89-,90-,91-,92?/m1/s1. The van der Waals surface area contributed by atoms with Crippen molar-refractivity contribution in [3.63, 3.8) is 0 Å². The molecule has 3 saturated heterocycles. The summed E-state index contributed by atoms with van der Waals surface area (Å²) in [5, 5.41) is 36.7. The monoisotopic (exact) mass is 2020 g/mol. The maximum absolute atomic E-state index is 14.1. The number of carboxylic acid groups (broad SMARTS) is 1. The lowest BCUT2D eigenvalue weighted by molar-refractivity contribution is -0.277. The van der Waals surface area contributed by atoms with Crippen molar-refractivity contribution in [2.75, 3.05) is 125 Å². The summed E-state index contributed by atoms with van der Waals surface area (Å²) in [6, 6.07) is -3.54. The molecule has 9 unspecified atom stereocenters. The highest BCUT2D eigenvalue weighted by molar-refractivity contribution is 5.80. The summed E-state index contributed by atoms with van der Waals surface area (Å²) in [4.78, 5) is 250. The van der Waals surface area contributed by atoms with E-state index in [9.17, 15) is 95.9 Å². The SMILES string of the molecule is CC(=O)NC1C(OC(C)=O)[C@H](OC(C)=O)C(COC(C)=O)CO[C@H]1OCCCCC(=O)NCCCNC(=O)CCOCC(COCCC(=O)NCCCNC(=O)CCCCO[C@@H]1OC(COC(C)=O)[C@@H](OC(C)=O)C(OC(C)=O)C1NC(C)=O)(COCCC(=O)NCCCNC(=O)CCCCO[C@@H]1OC(COC(C)=O)[C@@H](OC(C)=O)C(OC(C)=O)C1NC(C)=O)NC(=O)CCCCCCCCCCC(=O)O. The second-order valence-electron chi connectivity index (χ2n) is 34.2. The number of nitrogens with one attached hydrogen (secondary N) is 10. The van der Waals surface area contributed by atoms with E-state index >= 15 is 0 Å². The Hall–Kier alpha value is -11.0. The van der Waals surface area contributed by atoms with Crippen LogP contribution in [0.4, 0.5) is 0 Å². The van der Waals surface area contributed by atoms with Gasteiger partial charge in [-0.2, -0.15) is 0 Å². The van der Waals surface area contributed by atoms with Gasteiger partial charge in [-0.1, -0.05) is 38.5 Å². The number of carbonyl (C=O) groups excluding carboxylic acids is 19. The number of rotatable bonds is 72. The Balaban J connectivity index is 1.67. The third-order valence-corrected chi connectivity index (χ3v) is 21.3. The molecule has 3 heterocycles. The summed E-state index contributed by atoms with van der Waals surface area (Å²) in [6.45, 7) is 12.1. The van der Waals surface area contributed by atoms with Crippen LogP contribution in [0.2, 0.25) is 0 Å². The van der Waals surface area contributed by atoms with Gasteiger partial charge in [0, 0.05) is 194 Å². The topological polar surface area (TPSA) is 648 Å². The molecule has 0 aliphatic carbocycles. The second-order valence-corrected chi connectivity index (χ2v) is 34.2. The van der Waals surface area contributed by atoms with E-state index in [0.717, 1.165) is 87.5 Å². The third-order valence-electron chi connectivity index (χ3n) is 21.3. The maximum Gasteiger partial charge on any atom is 0.303 e. The molecule has 3 aliphatic rings. The molecule has 0 radical (unpaired) electrons. The van der Waals surface area contributed by atoms with Crippen LogP contribution in [0.15, 0.2) is 0 Å². The van der Waals surface area contributed by atoms with Crippen molar-refractivity contribution < 1.29 is 186 Å². The van der Waals surface area contributed by atoms with E-state index in [1.54, 1.807) is 0 Å². The first-order chi connectivity index (χ1) is 67.1. The average molecular weight is 2020 g/mol. The van der Waals surface area contributed by atoms with Gasteiger partial charge in [0.25, 0.3) is 0 Å². The molecule has 11 N–H and O–H groups in total. The van der Waals surface area contributed by atoms with Gasteiger partial charge in [0.05, 0.1) is 58.8 Å². The fourth-order valence-electron chi connectivity index (χ4n) is 14.9. The van der Waals surface area contributed by atoms with E-state index in [1.807, 2.05) is 0 Å². The van der Waals surface area contributed by atoms with Gasteiger partial charge in [0.15, 0.2) is 49.4 Å². The molecule has 3 aliphatic heterocycles. The summed E-state index contributed by atoms with van der Waals surface area (Å²) in [6.07, 6.45) is -5.19. The molecule has 10 amide bonds. The predicted octanol–water partition coefficient (Wildman–Crippen LogP) is 0.691. The maximum atomic E-state index is 14.1. The van der Waals surface area contributed by atoms with Crippen LogP contribution < -0.4 is 53.2 Å². The van der Waals surface area contributed by atoms with Crippen LogP contribution in [0.3, 0.4) is 0 Å². The molecular weight excluding hydrogens is 1870 g/mol. The number of hydrogen-bond acceptors (Lipinski definition) is 38. The summed E-state index contributed by atoms with van der Waals surface area (Å²) in [7, 11) is 0. The molecular formula is C92H150N10O39. The number of carboxylic acids is 1. The number of amides is 10. The highest BCUT2D eigenvalue weighted by atomic mass is 16.7. The van der Waals surface area contributed by atoms with Gasteiger partial charge in [0.2, 0.25) is 59.1 Å². The lowest BCUT2D eigenvalue weighted by atomic mass is 9.95. The van der Waals surface area contributed by atoms with Gasteiger partial charge in [0.1, 0.15) is 55.2 Å². The van der Waals surface area contributed by atoms with Crippen LogP contribution in [0, 0.1) is 5.92 Å². The van der Waals surface area contributed by atoms with Crippen LogP contribution >= 0.6 is 0 Å². The molecule has 49 heteroatoms. The zero-order chi connectivity index (χ0) is 105. The highest BCUT2D eigenvalue weighted by Crippen LogP contribution is 2.32. The van der Waals surface area contributed by atoms with Crippen molar-refractivity contribution in [3.05, 3.63) is 0 Å². The minimum absolute atomic E-state index is 0.00497. The Kier molecular flexibility index (Phi) is 63.0. The van der Waals surface area contributed by atoms with Gasteiger partial charge in [-0.15, -0.1) is 0 Å². The zero-order valence-corrected chi connectivity index (χ0v) is 83.2. The number of hydrogen-bond donors (Lipinski definition) is 11. The highest BCUT2D eigenvalue weighted by Gasteiger charge is 2.54. The molecule has 0 aromatic carbocycles. The van der Waals surface area contributed by atoms with Crippen LogP contribution in [-0.2, 0) is 181 Å². The predicted molar refractivity (Wildman–Crippen MR) is 489 cm³/mol. The minimum Gasteiger partial charge on any atom is -0.481 e. The van der Waals surface area contributed by atoms with E-state index in [-0.39, 0.29) is 181 Å². The molecule has 0 bridgehead atoms. The number of ether oxygens (including phenoxy) is 18. The van der Waals surface area contributed by atoms with Crippen molar-refractivity contribution in [2.24, 2.45) is 5.92 Å². The van der Waals surface area contributed by atoms with E-state index in [0.29, 0.717) is 77.0 Å². The van der Waals surface area contributed by atoms with Crippen LogP contribution in [0.5, 0.6) is 0 Å². The van der Waals surface area contributed by atoms with Gasteiger partial charge in [-0.25, -0.2) is 0 Å². The Morgan fingerprint density at radius 3 is 0.872 bits per heavy atom. The van der Waals surface area contributed by atoms with E-state index < -0.39 is 212 Å². The largest absolute Gasteiger partial charge is 0.481 e. The van der Waals surface area contributed by atoms with E-state index in [2.05, 4.69) is 53.2 Å². The Morgan fingerprint density at radius 2 is 0.553 bits per heavy atom. The Bertz CT molecular complexity index is 3790. The van der Waals surface area contributed by atoms with Crippen molar-refractivity contribution in [2.45, 2.75) is 335 Å². The molecule has 0 spiro atoms. The first kappa shape index (κ1) is 124. The van der Waals surface area contributed by atoms with Gasteiger partial charge in [-0.05, 0) is 70.6 Å². The summed E-state index contributed by atoms with van der Waals surface area (Å²) < 4.78 is 103. The second kappa shape index (κ2) is 71.5. The molecule has 0 aromatic heterocycles. The van der Waals surface area contributed by atoms with Crippen molar-refractivity contribution >= 4 is 119 Å². The lowest BCUT2D eigenvalue weighted by Crippen LogP contribution is -2.66. The van der Waals surface area contributed by atoms with Gasteiger partial charge >= 0.3 is 59.7 Å². The first-order valence-electron chi connectivity index (χ1n) is 48.0. The zero-order valence-electron chi connectivity index (χ0n) is 83.2. The number of carbonyl (C=O) groups is 20. The number of unbranched alkanes of at least 4 members (excludes halogenated alkanes) is 10. The summed E-state index contributed by atoms with van der Waals surface area (Å²) >= 11 is 0. The number of aliphatic carboxylic acids is 1. The minimum atomic E-state index is -1.49. The molecule has 802 valence electrons. The van der Waals surface area contributed by atoms with Crippen LogP contribution in [-0.4, -0.2) is 340 Å². The van der Waals surface area contributed by atoms with E-state index in [4.69, 9.17) is 90.4 Å². The molecule has 15 atom stereocenters. The molecule has 49 nitrogen and oxygen atoms in total. The molecule has 3 fully saturated rings.